The van der Waals surface area contributed by atoms with Crippen LogP contribution in [0.25, 0.3) is 0 Å². The van der Waals surface area contributed by atoms with Gasteiger partial charge in [-0.3, -0.25) is 14.4 Å². The van der Waals surface area contributed by atoms with Crippen LogP contribution in [0.15, 0.2) is 18.2 Å². The lowest BCUT2D eigenvalue weighted by Crippen LogP contribution is -2.56. The average molecular weight is 548 g/mol. The second-order valence-corrected chi connectivity index (χ2v) is 11.4. The van der Waals surface area contributed by atoms with Gasteiger partial charge >= 0.3 is 12.1 Å². The van der Waals surface area contributed by atoms with Gasteiger partial charge in [-0.15, -0.1) is 0 Å². The second kappa shape index (κ2) is 15.5. The van der Waals surface area contributed by atoms with Crippen molar-refractivity contribution in [1.29, 1.82) is 0 Å². The number of ether oxygens (including phenoxy) is 2. The highest BCUT2D eigenvalue weighted by Gasteiger charge is 2.39. The van der Waals surface area contributed by atoms with Crippen LogP contribution in [0.5, 0.6) is 0 Å². The van der Waals surface area contributed by atoms with Crippen molar-refractivity contribution in [2.45, 2.75) is 112 Å². The molecule has 0 aliphatic carbocycles. The minimum atomic E-state index is -0.967. The maximum Gasteiger partial charge on any atom is 0.408 e. The number of aryl methyl sites for hydroxylation is 2. The van der Waals surface area contributed by atoms with Crippen LogP contribution < -0.4 is 10.6 Å². The zero-order chi connectivity index (χ0) is 29.9. The van der Waals surface area contributed by atoms with Gasteiger partial charge in [0.1, 0.15) is 17.7 Å². The van der Waals surface area contributed by atoms with Crippen LogP contribution in [-0.4, -0.2) is 59.6 Å². The number of carbonyl (C=O) groups is 4. The van der Waals surface area contributed by atoms with E-state index >= 15 is 0 Å². The molecule has 3 amide bonds. The Balaban J connectivity index is 3.55. The van der Waals surface area contributed by atoms with Gasteiger partial charge in [0.15, 0.2) is 0 Å². The first-order valence-corrected chi connectivity index (χ1v) is 13.9. The summed E-state index contributed by atoms with van der Waals surface area (Å²) < 4.78 is 10.4. The lowest BCUT2D eigenvalue weighted by atomic mass is 9.91. The van der Waals surface area contributed by atoms with Gasteiger partial charge in [-0.25, -0.2) is 4.79 Å². The fourth-order valence-corrected chi connectivity index (χ4v) is 4.39. The number of amides is 3. The number of esters is 1. The third kappa shape index (κ3) is 10.9. The molecule has 39 heavy (non-hydrogen) atoms. The van der Waals surface area contributed by atoms with Gasteiger partial charge in [-0.2, -0.15) is 0 Å². The standard InChI is InChI=1S/C30H49N3O6/c1-11-22(7)33(28(36)23(18-19(3)4)32-29(37)39-30(8,9)10)26(25-20(5)14-13-15-21(25)6)27(35)31-17-16-24(34)38-12-2/h13-15,19,22-23,26H,11-12,16-18H2,1-10H3,(H,31,35)(H,32,37). The van der Waals surface area contributed by atoms with Crippen LogP contribution in [-0.2, 0) is 23.9 Å². The minimum Gasteiger partial charge on any atom is -0.466 e. The smallest absolute Gasteiger partial charge is 0.408 e. The summed E-state index contributed by atoms with van der Waals surface area (Å²) in [5.74, 6) is -1.08. The van der Waals surface area contributed by atoms with E-state index in [2.05, 4.69) is 10.6 Å². The molecule has 0 fully saturated rings. The van der Waals surface area contributed by atoms with E-state index in [1.807, 2.05) is 59.7 Å². The molecule has 1 aromatic rings. The first-order chi connectivity index (χ1) is 18.1. The molecular weight excluding hydrogens is 498 g/mol. The number of nitrogens with one attached hydrogen (secondary N) is 2. The third-order valence-corrected chi connectivity index (χ3v) is 6.29. The first kappa shape index (κ1) is 33.9. The quantitative estimate of drug-likeness (QED) is 0.337. The van der Waals surface area contributed by atoms with Crippen LogP contribution >= 0.6 is 0 Å². The van der Waals surface area contributed by atoms with E-state index in [9.17, 15) is 19.2 Å². The molecule has 2 N–H and O–H groups in total. The Kier molecular flexibility index (Phi) is 13.5. The molecule has 3 unspecified atom stereocenters. The van der Waals surface area contributed by atoms with Crippen LogP contribution in [0, 0.1) is 19.8 Å². The Hall–Kier alpha value is -3.10. The highest BCUT2D eigenvalue weighted by molar-refractivity contribution is 5.93. The van der Waals surface area contributed by atoms with E-state index in [0.29, 0.717) is 12.8 Å². The van der Waals surface area contributed by atoms with Gasteiger partial charge < -0.3 is 25.0 Å². The molecule has 3 atom stereocenters. The van der Waals surface area contributed by atoms with E-state index in [-0.39, 0.29) is 37.4 Å². The van der Waals surface area contributed by atoms with Gasteiger partial charge in [0.2, 0.25) is 11.8 Å². The fourth-order valence-electron chi connectivity index (χ4n) is 4.39. The number of alkyl carbamates (subject to hydrolysis) is 1. The zero-order valence-corrected chi connectivity index (χ0v) is 25.5. The summed E-state index contributed by atoms with van der Waals surface area (Å²) in [5.41, 5.74) is 1.72. The molecule has 0 saturated carbocycles. The maximum absolute atomic E-state index is 14.3. The predicted molar refractivity (Wildman–Crippen MR) is 152 cm³/mol. The Morgan fingerprint density at radius 2 is 1.59 bits per heavy atom. The van der Waals surface area contributed by atoms with Gasteiger partial charge in [0, 0.05) is 12.6 Å². The number of carbonyl (C=O) groups excluding carboxylic acids is 4. The Morgan fingerprint density at radius 1 is 1.00 bits per heavy atom. The monoisotopic (exact) mass is 547 g/mol. The van der Waals surface area contributed by atoms with Crippen molar-refractivity contribution in [2.24, 2.45) is 5.92 Å². The summed E-state index contributed by atoms with van der Waals surface area (Å²) in [6, 6.07) is 3.53. The number of nitrogens with zero attached hydrogens (tertiary/aromatic N) is 1. The Labute approximate surface area is 234 Å². The highest BCUT2D eigenvalue weighted by atomic mass is 16.6. The third-order valence-electron chi connectivity index (χ3n) is 6.29. The average Bonchev–Trinajstić information content (AvgIpc) is 2.80. The summed E-state index contributed by atoms with van der Waals surface area (Å²) in [6.07, 6.45) is 0.291. The molecule has 0 saturated heterocycles. The van der Waals surface area contributed by atoms with Crippen LogP contribution in [0.2, 0.25) is 0 Å². The van der Waals surface area contributed by atoms with Crippen molar-refractivity contribution in [3.63, 3.8) is 0 Å². The van der Waals surface area contributed by atoms with E-state index in [1.165, 1.54) is 0 Å². The van der Waals surface area contributed by atoms with Gasteiger partial charge in [-0.05, 0) is 83.9 Å². The van der Waals surface area contributed by atoms with E-state index in [4.69, 9.17) is 9.47 Å². The number of hydrogen-bond donors (Lipinski definition) is 2. The molecule has 9 nitrogen and oxygen atoms in total. The van der Waals surface area contributed by atoms with E-state index in [1.54, 1.807) is 32.6 Å². The largest absolute Gasteiger partial charge is 0.466 e. The van der Waals surface area contributed by atoms with Crippen molar-refractivity contribution in [3.05, 3.63) is 34.9 Å². The second-order valence-electron chi connectivity index (χ2n) is 11.4. The minimum absolute atomic E-state index is 0.0203. The molecule has 0 aliphatic heterocycles. The molecule has 1 rings (SSSR count). The van der Waals surface area contributed by atoms with E-state index in [0.717, 1.165) is 16.7 Å². The van der Waals surface area contributed by atoms with Crippen molar-refractivity contribution < 1.29 is 28.7 Å². The normalized spacial score (nSPS) is 13.7. The molecule has 0 heterocycles. The summed E-state index contributed by atoms with van der Waals surface area (Å²) in [6.45, 7) is 18.9. The van der Waals surface area contributed by atoms with Gasteiger partial charge in [0.05, 0.1) is 13.0 Å². The zero-order valence-electron chi connectivity index (χ0n) is 25.5. The number of hydrogen-bond acceptors (Lipinski definition) is 6. The summed E-state index contributed by atoms with van der Waals surface area (Å²) in [5, 5.41) is 5.61. The molecule has 1 aromatic carbocycles. The van der Waals surface area contributed by atoms with Gasteiger partial charge in [0.25, 0.3) is 0 Å². The SMILES string of the molecule is CCOC(=O)CCNC(=O)C(c1c(C)cccc1C)N(C(=O)C(CC(C)C)NC(=O)OC(C)(C)C)C(C)CC. The molecular formula is C30H49N3O6. The lowest BCUT2D eigenvalue weighted by Gasteiger charge is -2.39. The maximum atomic E-state index is 14.3. The number of benzene rings is 1. The van der Waals surface area contributed by atoms with Crippen LogP contribution in [0.3, 0.4) is 0 Å². The van der Waals surface area contributed by atoms with E-state index < -0.39 is 35.7 Å². The fraction of sp³-hybridized carbons (Fsp3) is 0.667. The van der Waals surface area contributed by atoms with Crippen molar-refractivity contribution in [2.75, 3.05) is 13.2 Å². The van der Waals surface area contributed by atoms with Crippen LogP contribution in [0.1, 0.15) is 97.4 Å². The molecule has 220 valence electrons. The van der Waals surface area contributed by atoms with Crippen molar-refractivity contribution >= 4 is 23.9 Å². The Morgan fingerprint density at radius 3 is 2.08 bits per heavy atom. The van der Waals surface area contributed by atoms with Crippen molar-refractivity contribution in [3.8, 4) is 0 Å². The summed E-state index contributed by atoms with van der Waals surface area (Å²) in [4.78, 5) is 54.3. The molecule has 0 spiro atoms. The molecule has 9 heteroatoms. The predicted octanol–water partition coefficient (Wildman–Crippen LogP) is 4.98. The molecule has 0 bridgehead atoms. The van der Waals surface area contributed by atoms with Crippen LogP contribution in [0.4, 0.5) is 4.79 Å². The highest BCUT2D eigenvalue weighted by Crippen LogP contribution is 2.31. The summed E-state index contributed by atoms with van der Waals surface area (Å²) >= 11 is 0. The first-order valence-electron chi connectivity index (χ1n) is 13.9. The molecule has 0 radical (unpaired) electrons. The van der Waals surface area contributed by atoms with Crippen molar-refractivity contribution in [1.82, 2.24) is 15.5 Å². The summed E-state index contributed by atoms with van der Waals surface area (Å²) in [7, 11) is 0. The van der Waals surface area contributed by atoms with Gasteiger partial charge in [-0.1, -0.05) is 39.0 Å². The topological polar surface area (TPSA) is 114 Å². The molecule has 0 aliphatic rings. The molecule has 0 aromatic heterocycles. The number of rotatable bonds is 13. The lowest BCUT2D eigenvalue weighted by molar-refractivity contribution is -0.146. The Bertz CT molecular complexity index is 965.